The molecule has 0 aliphatic carbocycles. The van der Waals surface area contributed by atoms with E-state index in [0.717, 1.165) is 16.9 Å². The molecule has 0 spiro atoms. The van der Waals surface area contributed by atoms with Crippen LogP contribution < -0.4 is 10.1 Å². The van der Waals surface area contributed by atoms with Gasteiger partial charge in [0.05, 0.1) is 13.2 Å². The molecule has 0 unspecified atom stereocenters. The van der Waals surface area contributed by atoms with Gasteiger partial charge in [0.15, 0.2) is 0 Å². The van der Waals surface area contributed by atoms with Crippen molar-refractivity contribution in [1.82, 2.24) is 5.32 Å². The van der Waals surface area contributed by atoms with Gasteiger partial charge in [-0.3, -0.25) is 5.32 Å². The van der Waals surface area contributed by atoms with Crippen molar-refractivity contribution < 1.29 is 9.84 Å². The fraction of sp³-hybridized carbons (Fsp3) is 0.235. The van der Waals surface area contributed by atoms with E-state index in [0.29, 0.717) is 0 Å². The lowest BCUT2D eigenvalue weighted by molar-refractivity contribution is 0.414. The Labute approximate surface area is 124 Å². The lowest BCUT2D eigenvalue weighted by Gasteiger charge is -2.19. The maximum Gasteiger partial charge on any atom is 0.121 e. The molecule has 0 aromatic heterocycles. The molecule has 0 bridgehead atoms. The summed E-state index contributed by atoms with van der Waals surface area (Å²) in [5.41, 5.74) is 1.91. The lowest BCUT2D eigenvalue weighted by Crippen LogP contribution is -2.23. The lowest BCUT2D eigenvalue weighted by atomic mass is 10.0. The van der Waals surface area contributed by atoms with Crippen molar-refractivity contribution in [3.05, 3.63) is 59.7 Å². The van der Waals surface area contributed by atoms with Gasteiger partial charge in [-0.15, -0.1) is 0 Å². The van der Waals surface area contributed by atoms with Gasteiger partial charge < -0.3 is 9.84 Å². The second kappa shape index (κ2) is 6.78. The smallest absolute Gasteiger partial charge is 0.121 e. The van der Waals surface area contributed by atoms with E-state index < -0.39 is 6.04 Å². The molecule has 0 aliphatic heterocycles. The third-order valence-corrected chi connectivity index (χ3v) is 3.39. The molecule has 0 saturated heterocycles. The number of hydrogen-bond donors (Lipinski definition) is 2. The van der Waals surface area contributed by atoms with Crippen molar-refractivity contribution in [2.75, 3.05) is 7.11 Å². The number of rotatable bonds is 5. The zero-order valence-electron chi connectivity index (χ0n) is 12.1. The fourth-order valence-electron chi connectivity index (χ4n) is 2.11. The highest BCUT2D eigenvalue weighted by Crippen LogP contribution is 2.22. The van der Waals surface area contributed by atoms with Crippen LogP contribution in [0.4, 0.5) is 0 Å². The van der Waals surface area contributed by atoms with Gasteiger partial charge in [0, 0.05) is 6.04 Å². The first-order chi connectivity index (χ1) is 10.1. The monoisotopic (exact) mass is 282 g/mol. The number of phenolic OH excluding ortho intramolecular Hbond substituents is 1. The van der Waals surface area contributed by atoms with E-state index >= 15 is 0 Å². The molecule has 4 nitrogen and oxygen atoms in total. The number of aromatic hydroxyl groups is 1. The van der Waals surface area contributed by atoms with Crippen LogP contribution in [0, 0.1) is 11.3 Å². The number of ether oxygens (including phenoxy) is 1. The number of nitriles is 1. The number of nitrogens with zero attached hydrogens (tertiary/aromatic N) is 1. The van der Waals surface area contributed by atoms with E-state index in [1.165, 1.54) is 0 Å². The van der Waals surface area contributed by atoms with Gasteiger partial charge in [-0.1, -0.05) is 24.3 Å². The molecular weight excluding hydrogens is 264 g/mol. The number of nitrogens with one attached hydrogen (secondary N) is 1. The van der Waals surface area contributed by atoms with Crippen LogP contribution in [0.15, 0.2) is 48.5 Å². The van der Waals surface area contributed by atoms with Gasteiger partial charge in [0.2, 0.25) is 0 Å². The van der Waals surface area contributed by atoms with Crippen LogP contribution in [-0.2, 0) is 0 Å². The van der Waals surface area contributed by atoms with Gasteiger partial charge in [-0.25, -0.2) is 0 Å². The fourth-order valence-corrected chi connectivity index (χ4v) is 2.11. The van der Waals surface area contributed by atoms with Crippen molar-refractivity contribution >= 4 is 0 Å². The maximum atomic E-state index is 9.33. The first-order valence-electron chi connectivity index (χ1n) is 6.72. The Bertz CT molecular complexity index is 615. The van der Waals surface area contributed by atoms with Gasteiger partial charge in [0.1, 0.15) is 17.5 Å². The van der Waals surface area contributed by atoms with Gasteiger partial charge in [0.25, 0.3) is 0 Å². The zero-order valence-corrected chi connectivity index (χ0v) is 12.1. The molecule has 4 heteroatoms. The minimum atomic E-state index is -0.428. The largest absolute Gasteiger partial charge is 0.508 e. The normalized spacial score (nSPS) is 13.2. The molecule has 2 aromatic carbocycles. The topological polar surface area (TPSA) is 65.3 Å². The third-order valence-electron chi connectivity index (χ3n) is 3.39. The maximum absolute atomic E-state index is 9.33. The van der Waals surface area contributed by atoms with E-state index in [1.807, 2.05) is 31.2 Å². The summed E-state index contributed by atoms with van der Waals surface area (Å²) in [5.74, 6) is 1.000. The highest BCUT2D eigenvalue weighted by atomic mass is 16.5. The molecule has 0 radical (unpaired) electrons. The Balaban J connectivity index is 2.10. The number of hydrogen-bond acceptors (Lipinski definition) is 4. The summed E-state index contributed by atoms with van der Waals surface area (Å²) in [6, 6.07) is 16.2. The SMILES string of the molecule is COc1ccc([C@H](C)N[C@H](C#N)c2ccc(O)cc2)cc1. The van der Waals surface area contributed by atoms with E-state index in [2.05, 4.69) is 11.4 Å². The molecule has 2 atom stereocenters. The highest BCUT2D eigenvalue weighted by molar-refractivity contribution is 5.32. The minimum absolute atomic E-state index is 0.0226. The van der Waals surface area contributed by atoms with Crippen molar-refractivity contribution in [1.29, 1.82) is 5.26 Å². The van der Waals surface area contributed by atoms with Gasteiger partial charge in [-0.05, 0) is 42.3 Å². The van der Waals surface area contributed by atoms with E-state index in [-0.39, 0.29) is 11.8 Å². The Kier molecular flexibility index (Phi) is 4.81. The number of benzene rings is 2. The quantitative estimate of drug-likeness (QED) is 0.883. The van der Waals surface area contributed by atoms with E-state index in [9.17, 15) is 10.4 Å². The van der Waals surface area contributed by atoms with Crippen LogP contribution >= 0.6 is 0 Å². The summed E-state index contributed by atoms with van der Waals surface area (Å²) in [7, 11) is 1.63. The molecule has 21 heavy (non-hydrogen) atoms. The van der Waals surface area contributed by atoms with Crippen molar-refractivity contribution in [3.8, 4) is 17.6 Å². The number of phenols is 1. The van der Waals surface area contributed by atoms with Crippen LogP contribution in [0.25, 0.3) is 0 Å². The predicted octanol–water partition coefficient (Wildman–Crippen LogP) is 3.32. The Morgan fingerprint density at radius 3 is 2.14 bits per heavy atom. The number of methoxy groups -OCH3 is 1. The third kappa shape index (κ3) is 3.74. The molecule has 0 saturated carbocycles. The van der Waals surface area contributed by atoms with E-state index in [4.69, 9.17) is 4.74 Å². The molecular formula is C17H18N2O2. The highest BCUT2D eigenvalue weighted by Gasteiger charge is 2.14. The zero-order chi connectivity index (χ0) is 15.2. The van der Waals surface area contributed by atoms with E-state index in [1.54, 1.807) is 31.4 Å². The average molecular weight is 282 g/mol. The van der Waals surface area contributed by atoms with Crippen LogP contribution in [0.5, 0.6) is 11.5 Å². The summed E-state index contributed by atoms with van der Waals surface area (Å²) in [5, 5.41) is 21.9. The summed E-state index contributed by atoms with van der Waals surface area (Å²) in [6.45, 7) is 2.01. The van der Waals surface area contributed by atoms with Crippen LogP contribution in [-0.4, -0.2) is 12.2 Å². The molecule has 2 aromatic rings. The average Bonchev–Trinajstić information content (AvgIpc) is 2.53. The summed E-state index contributed by atoms with van der Waals surface area (Å²) in [4.78, 5) is 0. The Morgan fingerprint density at radius 1 is 1.05 bits per heavy atom. The predicted molar refractivity (Wildman–Crippen MR) is 81.0 cm³/mol. The minimum Gasteiger partial charge on any atom is -0.508 e. The molecule has 0 fully saturated rings. The van der Waals surface area contributed by atoms with Crippen LogP contribution in [0.3, 0.4) is 0 Å². The second-order valence-corrected chi connectivity index (χ2v) is 4.82. The molecule has 0 aliphatic rings. The van der Waals surface area contributed by atoms with Crippen LogP contribution in [0.1, 0.15) is 30.1 Å². The molecule has 2 rings (SSSR count). The molecule has 0 heterocycles. The molecule has 0 amide bonds. The summed E-state index contributed by atoms with van der Waals surface area (Å²) < 4.78 is 5.14. The summed E-state index contributed by atoms with van der Waals surface area (Å²) in [6.07, 6.45) is 0. The second-order valence-electron chi connectivity index (χ2n) is 4.82. The van der Waals surface area contributed by atoms with Gasteiger partial charge >= 0.3 is 0 Å². The standard InChI is InChI=1S/C17H18N2O2/c1-12(13-5-9-16(21-2)10-6-13)19-17(11-18)14-3-7-15(20)8-4-14/h3-10,12,17,19-20H,1-2H3/t12-,17+/m0/s1. The van der Waals surface area contributed by atoms with Crippen molar-refractivity contribution in [2.24, 2.45) is 0 Å². The molecule has 2 N–H and O–H groups in total. The van der Waals surface area contributed by atoms with Crippen molar-refractivity contribution in [2.45, 2.75) is 19.0 Å². The van der Waals surface area contributed by atoms with Gasteiger partial charge in [-0.2, -0.15) is 5.26 Å². The first kappa shape index (κ1) is 14.9. The first-order valence-corrected chi connectivity index (χ1v) is 6.72. The van der Waals surface area contributed by atoms with Crippen LogP contribution in [0.2, 0.25) is 0 Å². The summed E-state index contributed by atoms with van der Waals surface area (Å²) >= 11 is 0. The van der Waals surface area contributed by atoms with Crippen molar-refractivity contribution in [3.63, 3.8) is 0 Å². The Morgan fingerprint density at radius 2 is 1.62 bits per heavy atom. The molecule has 108 valence electrons. The Hall–Kier alpha value is -2.51.